The summed E-state index contributed by atoms with van der Waals surface area (Å²) in [6.07, 6.45) is 0. The number of carbonyl (C=O) groups is 1. The van der Waals surface area contributed by atoms with E-state index in [4.69, 9.17) is 0 Å². The van der Waals surface area contributed by atoms with E-state index >= 15 is 0 Å². The van der Waals surface area contributed by atoms with Crippen molar-refractivity contribution in [1.82, 2.24) is 0 Å². The molecule has 1 aromatic rings. The number of esters is 1. The Morgan fingerprint density at radius 2 is 1.86 bits per heavy atom. The summed E-state index contributed by atoms with van der Waals surface area (Å²) in [6.45, 7) is 3.40. The summed E-state index contributed by atoms with van der Waals surface area (Å²) in [5.74, 6) is -0.492. The van der Waals surface area contributed by atoms with E-state index in [-0.39, 0.29) is 13.2 Å². The van der Waals surface area contributed by atoms with Gasteiger partial charge in [-0.25, -0.2) is 0 Å². The molecular formula is C9H9Br2O2Zn. The van der Waals surface area contributed by atoms with Crippen molar-refractivity contribution in [2.75, 3.05) is 0 Å². The Morgan fingerprint density at radius 3 is 2.29 bits per heavy atom. The van der Waals surface area contributed by atoms with E-state index in [1.807, 2.05) is 30.3 Å². The van der Waals surface area contributed by atoms with Gasteiger partial charge in [0, 0.05) is 0 Å². The minimum atomic E-state index is -0.492. The Kier molecular flexibility index (Phi) is 10.0. The van der Waals surface area contributed by atoms with Gasteiger partial charge in [-0.05, 0) is 5.56 Å². The van der Waals surface area contributed by atoms with Gasteiger partial charge in [-0.2, -0.15) is 0 Å². The van der Waals surface area contributed by atoms with E-state index in [0.717, 1.165) is 5.56 Å². The smallest absolute Gasteiger partial charge is 0.306 e. The molecule has 0 saturated carbocycles. The van der Waals surface area contributed by atoms with Crippen molar-refractivity contribution in [3.05, 3.63) is 42.8 Å². The molecule has 1 radical (unpaired) electrons. The van der Waals surface area contributed by atoms with Gasteiger partial charge >= 0.3 is 46.4 Å². The fourth-order valence-electron chi connectivity index (χ4n) is 0.738. The topological polar surface area (TPSA) is 26.3 Å². The molecule has 1 aromatic carbocycles. The van der Waals surface area contributed by atoms with E-state index < -0.39 is 5.97 Å². The Bertz CT molecular complexity index is 254. The monoisotopic (exact) mass is 371 g/mol. The van der Waals surface area contributed by atoms with Crippen molar-refractivity contribution in [3.63, 3.8) is 0 Å². The summed E-state index contributed by atoms with van der Waals surface area (Å²) >= 11 is 6.25. The van der Waals surface area contributed by atoms with E-state index in [1.54, 1.807) is 0 Å². The molecule has 2 nitrogen and oxygen atoms in total. The standard InChI is InChI=1S/C9H9O2.2BrH.Zn/c1-8(10)11-7-9-5-3-2-4-6-9;;;/h2-6H,1,7H2;2*1H;/q;;;+2/p-2. The minimum Gasteiger partial charge on any atom is -0.461 e. The van der Waals surface area contributed by atoms with Crippen molar-refractivity contribution in [3.8, 4) is 0 Å². The maximum atomic E-state index is 10.3. The van der Waals surface area contributed by atoms with Gasteiger partial charge in [0.15, 0.2) is 0 Å². The zero-order valence-electron chi connectivity index (χ0n) is 7.58. The fraction of sp³-hybridized carbons (Fsp3) is 0.111. The average molecular weight is 374 g/mol. The van der Waals surface area contributed by atoms with Crippen molar-refractivity contribution in [1.29, 1.82) is 0 Å². The predicted molar refractivity (Wildman–Crippen MR) is 59.4 cm³/mol. The van der Waals surface area contributed by atoms with Gasteiger partial charge in [0.1, 0.15) is 6.61 Å². The molecule has 1 rings (SSSR count). The molecule has 0 heterocycles. The third-order valence-corrected chi connectivity index (χ3v) is 1.24. The SMILES string of the molecule is [Br][Zn][Br].[CH2]C(=O)OCc1ccccc1. The van der Waals surface area contributed by atoms with E-state index in [9.17, 15) is 4.79 Å². The zero-order valence-corrected chi connectivity index (χ0v) is 13.7. The normalized spacial score (nSPS) is 7.93. The van der Waals surface area contributed by atoms with Crippen LogP contribution in [-0.4, -0.2) is 5.97 Å². The van der Waals surface area contributed by atoms with Crippen LogP contribution in [0.3, 0.4) is 0 Å². The summed E-state index contributed by atoms with van der Waals surface area (Å²) in [6, 6.07) is 9.49. The van der Waals surface area contributed by atoms with Gasteiger partial charge in [0.2, 0.25) is 0 Å². The third-order valence-electron chi connectivity index (χ3n) is 1.24. The summed E-state index contributed by atoms with van der Waals surface area (Å²) in [5, 5.41) is 0. The molecule has 0 aromatic heterocycles. The second-order valence-corrected chi connectivity index (χ2v) is 16.3. The van der Waals surface area contributed by atoms with Gasteiger partial charge in [0.25, 0.3) is 0 Å². The van der Waals surface area contributed by atoms with Crippen LogP contribution in [0.25, 0.3) is 0 Å². The van der Waals surface area contributed by atoms with Gasteiger partial charge < -0.3 is 4.74 Å². The van der Waals surface area contributed by atoms with E-state index in [2.05, 4.69) is 38.9 Å². The third kappa shape index (κ3) is 8.85. The fourth-order valence-corrected chi connectivity index (χ4v) is 0.738. The van der Waals surface area contributed by atoms with Crippen LogP contribution in [0.5, 0.6) is 0 Å². The maximum Gasteiger partial charge on any atom is 0.306 e. The molecular weight excluding hydrogens is 365 g/mol. The van der Waals surface area contributed by atoms with Crippen LogP contribution < -0.4 is 0 Å². The van der Waals surface area contributed by atoms with Crippen LogP contribution in [0.2, 0.25) is 0 Å². The summed E-state index contributed by atoms with van der Waals surface area (Å²) in [4.78, 5) is 10.3. The molecule has 0 atom stereocenters. The molecule has 0 saturated heterocycles. The first-order valence-electron chi connectivity index (χ1n) is 3.85. The van der Waals surface area contributed by atoms with Gasteiger partial charge in [-0.3, -0.25) is 4.79 Å². The summed E-state index contributed by atoms with van der Waals surface area (Å²) in [5.41, 5.74) is 0.976. The molecule has 0 N–H and O–H groups in total. The maximum absolute atomic E-state index is 10.3. The quantitative estimate of drug-likeness (QED) is 0.587. The minimum absolute atomic E-state index is 0.250. The van der Waals surface area contributed by atoms with Gasteiger partial charge in [0.05, 0.1) is 6.92 Å². The molecule has 0 aliphatic heterocycles. The van der Waals surface area contributed by atoms with E-state index in [0.29, 0.717) is 6.61 Å². The van der Waals surface area contributed by atoms with Crippen LogP contribution in [0.4, 0.5) is 0 Å². The zero-order chi connectivity index (χ0) is 10.8. The Labute approximate surface area is 105 Å². The molecule has 73 valence electrons. The Balaban J connectivity index is 0.000000500. The molecule has 0 unspecified atom stereocenters. The molecule has 5 heteroatoms. The van der Waals surface area contributed by atoms with Crippen molar-refractivity contribution < 1.29 is 22.7 Å². The Morgan fingerprint density at radius 1 is 1.36 bits per heavy atom. The van der Waals surface area contributed by atoms with Crippen LogP contribution in [0, 0.1) is 6.92 Å². The molecule has 0 amide bonds. The molecule has 0 fully saturated rings. The van der Waals surface area contributed by atoms with Gasteiger partial charge in [-0.15, -0.1) is 0 Å². The number of benzene rings is 1. The van der Waals surface area contributed by atoms with Crippen LogP contribution in [0.15, 0.2) is 30.3 Å². The summed E-state index contributed by atoms with van der Waals surface area (Å²) in [7, 11) is 0. The van der Waals surface area contributed by atoms with Crippen LogP contribution in [-0.2, 0) is 29.3 Å². The second kappa shape index (κ2) is 9.81. The van der Waals surface area contributed by atoms with Crippen molar-refractivity contribution in [2.24, 2.45) is 0 Å². The number of ether oxygens (including phenoxy) is 1. The second-order valence-electron chi connectivity index (χ2n) is 2.25. The molecule has 14 heavy (non-hydrogen) atoms. The number of hydrogen-bond donors (Lipinski definition) is 0. The number of halogens is 2. The van der Waals surface area contributed by atoms with Crippen LogP contribution in [0.1, 0.15) is 5.56 Å². The molecule has 0 aliphatic carbocycles. The number of rotatable bonds is 2. The molecule has 0 aliphatic rings. The molecule has 0 bridgehead atoms. The van der Waals surface area contributed by atoms with Crippen molar-refractivity contribution >= 4 is 33.2 Å². The largest absolute Gasteiger partial charge is 0.461 e. The average Bonchev–Trinajstić information content (AvgIpc) is 2.18. The Hall–Kier alpha value is 0.273. The van der Waals surface area contributed by atoms with Gasteiger partial charge in [-0.1, -0.05) is 30.3 Å². The first-order valence-corrected chi connectivity index (χ1v) is 17.7. The number of hydrogen-bond acceptors (Lipinski definition) is 2. The van der Waals surface area contributed by atoms with Crippen LogP contribution >= 0.6 is 27.2 Å². The van der Waals surface area contributed by atoms with Crippen molar-refractivity contribution in [2.45, 2.75) is 6.61 Å². The molecule has 0 spiro atoms. The van der Waals surface area contributed by atoms with E-state index in [1.165, 1.54) is 0 Å². The first kappa shape index (κ1) is 14.3. The number of carbonyl (C=O) groups excluding carboxylic acids is 1. The first-order chi connectivity index (χ1) is 6.70. The summed E-state index contributed by atoms with van der Waals surface area (Å²) < 4.78 is 4.68. The predicted octanol–water partition coefficient (Wildman–Crippen LogP) is 3.25.